The third-order valence-electron chi connectivity index (χ3n) is 2.59. The Bertz CT molecular complexity index is 468. The summed E-state index contributed by atoms with van der Waals surface area (Å²) in [4.78, 5) is 0. The summed E-state index contributed by atoms with van der Waals surface area (Å²) in [6, 6.07) is 10.3. The van der Waals surface area contributed by atoms with Crippen LogP contribution in [0.2, 0.25) is 0 Å². The van der Waals surface area contributed by atoms with Gasteiger partial charge in [0.2, 0.25) is 0 Å². The van der Waals surface area contributed by atoms with Gasteiger partial charge >= 0.3 is 0 Å². The number of nitrogens with two attached hydrogens (primary N) is 1. The lowest BCUT2D eigenvalue weighted by Crippen LogP contribution is -2.03. The molecule has 0 aliphatic rings. The number of nitrogens with zero attached hydrogens (tertiary/aromatic N) is 2. The summed E-state index contributed by atoms with van der Waals surface area (Å²) in [6.45, 7) is 5.07. The molecule has 1 aromatic heterocycles. The predicted octanol–water partition coefficient (Wildman–Crippen LogP) is 2.85. The van der Waals surface area contributed by atoms with Gasteiger partial charge in [0, 0.05) is 18.2 Å². The second-order valence-corrected chi connectivity index (χ2v) is 4.04. The van der Waals surface area contributed by atoms with Gasteiger partial charge in [-0.3, -0.25) is 0 Å². The van der Waals surface area contributed by atoms with E-state index in [1.54, 1.807) is 0 Å². The number of aryl methyl sites for hydroxylation is 2. The van der Waals surface area contributed by atoms with Gasteiger partial charge in [-0.25, -0.2) is 4.68 Å². The Hall–Kier alpha value is -1.77. The molecular weight excluding hydrogens is 198 g/mol. The quantitative estimate of drug-likeness (QED) is 0.855. The topological polar surface area (TPSA) is 43.8 Å². The van der Waals surface area contributed by atoms with Crippen LogP contribution in [-0.2, 0) is 6.54 Å². The molecule has 0 spiro atoms. The summed E-state index contributed by atoms with van der Waals surface area (Å²) < 4.78 is 1.86. The van der Waals surface area contributed by atoms with E-state index in [0.29, 0.717) is 0 Å². The van der Waals surface area contributed by atoms with Crippen LogP contribution in [0.4, 0.5) is 5.82 Å². The fourth-order valence-electron chi connectivity index (χ4n) is 1.69. The van der Waals surface area contributed by atoms with Crippen LogP contribution in [0.25, 0.3) is 11.3 Å². The van der Waals surface area contributed by atoms with Gasteiger partial charge in [-0.15, -0.1) is 0 Å². The Balaban J connectivity index is 2.33. The molecule has 16 heavy (non-hydrogen) atoms. The lowest BCUT2D eigenvalue weighted by Gasteiger charge is -2.00. The molecule has 0 unspecified atom stereocenters. The van der Waals surface area contributed by atoms with E-state index < -0.39 is 0 Å². The molecule has 0 radical (unpaired) electrons. The van der Waals surface area contributed by atoms with E-state index in [1.165, 1.54) is 5.56 Å². The minimum absolute atomic E-state index is 0.734. The molecule has 0 saturated carbocycles. The van der Waals surface area contributed by atoms with Gasteiger partial charge in [0.1, 0.15) is 5.82 Å². The van der Waals surface area contributed by atoms with E-state index >= 15 is 0 Å². The molecule has 1 heterocycles. The summed E-state index contributed by atoms with van der Waals surface area (Å²) in [5.41, 5.74) is 9.22. The molecule has 0 atom stereocenters. The Labute approximate surface area is 95.9 Å². The third kappa shape index (κ3) is 2.08. The standard InChI is InChI=1S/C13H17N3/c1-3-8-16-13(14)9-12(15-16)11-6-4-10(2)5-7-11/h4-7,9H,3,8,14H2,1-2H3. The Kier molecular flexibility index (Phi) is 2.95. The first kappa shape index (κ1) is 10.7. The number of benzene rings is 1. The number of hydrogen-bond donors (Lipinski definition) is 1. The molecule has 2 rings (SSSR count). The molecule has 84 valence electrons. The zero-order chi connectivity index (χ0) is 11.5. The third-order valence-corrected chi connectivity index (χ3v) is 2.59. The number of rotatable bonds is 3. The highest BCUT2D eigenvalue weighted by atomic mass is 15.3. The van der Waals surface area contributed by atoms with Gasteiger partial charge < -0.3 is 5.73 Å². The minimum Gasteiger partial charge on any atom is -0.384 e. The number of anilines is 1. The molecule has 2 N–H and O–H groups in total. The molecule has 3 heteroatoms. The SMILES string of the molecule is CCCn1nc(-c2ccc(C)cc2)cc1N. The largest absolute Gasteiger partial charge is 0.384 e. The van der Waals surface area contributed by atoms with Gasteiger partial charge in [0.25, 0.3) is 0 Å². The summed E-state index contributed by atoms with van der Waals surface area (Å²) >= 11 is 0. The average Bonchev–Trinajstić information content (AvgIpc) is 2.62. The van der Waals surface area contributed by atoms with Crippen molar-refractivity contribution < 1.29 is 0 Å². The smallest absolute Gasteiger partial charge is 0.122 e. The van der Waals surface area contributed by atoms with E-state index in [4.69, 9.17) is 5.73 Å². The van der Waals surface area contributed by atoms with Gasteiger partial charge in [-0.05, 0) is 13.3 Å². The van der Waals surface area contributed by atoms with Crippen LogP contribution < -0.4 is 5.73 Å². The van der Waals surface area contributed by atoms with Crippen molar-refractivity contribution in [2.24, 2.45) is 0 Å². The number of nitrogen functional groups attached to an aromatic ring is 1. The summed E-state index contributed by atoms with van der Waals surface area (Å²) in [5.74, 6) is 0.734. The van der Waals surface area contributed by atoms with Crippen LogP contribution in [0.1, 0.15) is 18.9 Å². The molecule has 0 amide bonds. The average molecular weight is 215 g/mol. The van der Waals surface area contributed by atoms with Gasteiger partial charge in [0.15, 0.2) is 0 Å². The maximum Gasteiger partial charge on any atom is 0.122 e. The molecule has 0 saturated heterocycles. The van der Waals surface area contributed by atoms with Crippen molar-refractivity contribution >= 4 is 5.82 Å². The summed E-state index contributed by atoms with van der Waals surface area (Å²) in [5, 5.41) is 4.49. The monoisotopic (exact) mass is 215 g/mol. The first-order valence-electron chi connectivity index (χ1n) is 5.61. The lowest BCUT2D eigenvalue weighted by molar-refractivity contribution is 0.613. The van der Waals surface area contributed by atoms with Crippen LogP contribution in [0, 0.1) is 6.92 Å². The van der Waals surface area contributed by atoms with E-state index in [2.05, 4.69) is 43.2 Å². The Morgan fingerprint density at radius 3 is 2.56 bits per heavy atom. The zero-order valence-electron chi connectivity index (χ0n) is 9.77. The van der Waals surface area contributed by atoms with Crippen molar-refractivity contribution in [2.75, 3.05) is 5.73 Å². The highest BCUT2D eigenvalue weighted by molar-refractivity contribution is 5.62. The number of aromatic nitrogens is 2. The van der Waals surface area contributed by atoms with Gasteiger partial charge in [-0.2, -0.15) is 5.10 Å². The van der Waals surface area contributed by atoms with Gasteiger partial charge in [0.05, 0.1) is 5.69 Å². The Morgan fingerprint density at radius 1 is 1.25 bits per heavy atom. The molecule has 3 nitrogen and oxygen atoms in total. The normalized spacial score (nSPS) is 10.6. The maximum absolute atomic E-state index is 5.90. The van der Waals surface area contributed by atoms with Crippen LogP contribution in [-0.4, -0.2) is 9.78 Å². The molecule has 0 aliphatic carbocycles. The van der Waals surface area contributed by atoms with Crippen molar-refractivity contribution in [1.82, 2.24) is 9.78 Å². The molecular formula is C13H17N3. The fourth-order valence-corrected chi connectivity index (χ4v) is 1.69. The molecule has 1 aromatic carbocycles. The molecule has 0 bridgehead atoms. The fraction of sp³-hybridized carbons (Fsp3) is 0.308. The first-order valence-corrected chi connectivity index (χ1v) is 5.61. The second kappa shape index (κ2) is 4.39. The predicted molar refractivity (Wildman–Crippen MR) is 67.1 cm³/mol. The van der Waals surface area contributed by atoms with Crippen LogP contribution in [0.15, 0.2) is 30.3 Å². The highest BCUT2D eigenvalue weighted by Gasteiger charge is 2.05. The molecule has 0 fully saturated rings. The molecule has 0 aliphatic heterocycles. The van der Waals surface area contributed by atoms with Crippen molar-refractivity contribution in [2.45, 2.75) is 26.8 Å². The van der Waals surface area contributed by atoms with Crippen LogP contribution in [0.5, 0.6) is 0 Å². The van der Waals surface area contributed by atoms with Crippen LogP contribution >= 0.6 is 0 Å². The van der Waals surface area contributed by atoms with Crippen molar-refractivity contribution in [3.63, 3.8) is 0 Å². The van der Waals surface area contributed by atoms with Crippen molar-refractivity contribution in [1.29, 1.82) is 0 Å². The molecule has 2 aromatic rings. The van der Waals surface area contributed by atoms with E-state index in [0.717, 1.165) is 30.0 Å². The summed E-state index contributed by atoms with van der Waals surface area (Å²) in [6.07, 6.45) is 1.04. The Morgan fingerprint density at radius 2 is 1.94 bits per heavy atom. The first-order chi connectivity index (χ1) is 7.70. The second-order valence-electron chi connectivity index (χ2n) is 4.04. The van der Waals surface area contributed by atoms with E-state index in [-0.39, 0.29) is 0 Å². The minimum atomic E-state index is 0.734. The zero-order valence-corrected chi connectivity index (χ0v) is 9.77. The number of hydrogen-bond acceptors (Lipinski definition) is 2. The summed E-state index contributed by atoms with van der Waals surface area (Å²) in [7, 11) is 0. The maximum atomic E-state index is 5.90. The van der Waals surface area contributed by atoms with Crippen molar-refractivity contribution in [3.05, 3.63) is 35.9 Å². The lowest BCUT2D eigenvalue weighted by atomic mass is 10.1. The highest BCUT2D eigenvalue weighted by Crippen LogP contribution is 2.20. The van der Waals surface area contributed by atoms with Crippen LogP contribution in [0.3, 0.4) is 0 Å². The van der Waals surface area contributed by atoms with E-state index in [1.807, 2.05) is 10.7 Å². The van der Waals surface area contributed by atoms with Gasteiger partial charge in [-0.1, -0.05) is 36.8 Å². The van der Waals surface area contributed by atoms with Crippen molar-refractivity contribution in [3.8, 4) is 11.3 Å². The van der Waals surface area contributed by atoms with E-state index in [9.17, 15) is 0 Å².